The van der Waals surface area contributed by atoms with Gasteiger partial charge in [-0.2, -0.15) is 13.2 Å². The highest BCUT2D eigenvalue weighted by molar-refractivity contribution is 6.30. The van der Waals surface area contributed by atoms with Gasteiger partial charge in [-0.3, -0.25) is 9.59 Å². The van der Waals surface area contributed by atoms with Crippen LogP contribution in [0.3, 0.4) is 0 Å². The Morgan fingerprint density at radius 1 is 1.25 bits per heavy atom. The summed E-state index contributed by atoms with van der Waals surface area (Å²) in [5, 5.41) is 0.447. The molecule has 0 aliphatic carbocycles. The van der Waals surface area contributed by atoms with E-state index in [1.54, 1.807) is 0 Å². The zero-order valence-electron chi connectivity index (χ0n) is 13.1. The van der Waals surface area contributed by atoms with E-state index in [4.69, 9.17) is 16.3 Å². The topological polar surface area (TPSA) is 55.8 Å². The first-order chi connectivity index (χ1) is 11.1. The first-order valence-electron chi connectivity index (χ1n) is 7.05. The Balaban J connectivity index is 2.80. The number of esters is 1. The molecule has 0 saturated heterocycles. The minimum atomic E-state index is -4.65. The normalized spacial score (nSPS) is 12.4. The number of ether oxygens (including phenoxy) is 2. The van der Waals surface area contributed by atoms with Gasteiger partial charge in [0.05, 0.1) is 6.61 Å². The van der Waals surface area contributed by atoms with Crippen LogP contribution in [0, 0.1) is 0 Å². The SMILES string of the molecule is CCOC(=O)CN(CC(F)(F)F)C(=O)C(C)Oc1ccc(Cl)cc1. The van der Waals surface area contributed by atoms with Crippen LogP contribution >= 0.6 is 11.6 Å². The Morgan fingerprint density at radius 2 is 1.83 bits per heavy atom. The van der Waals surface area contributed by atoms with Gasteiger partial charge in [0.2, 0.25) is 0 Å². The predicted octanol–water partition coefficient (Wildman–Crippen LogP) is 3.06. The molecule has 9 heteroatoms. The van der Waals surface area contributed by atoms with Crippen LogP contribution in [0.5, 0.6) is 5.75 Å². The smallest absolute Gasteiger partial charge is 0.406 e. The molecule has 0 spiro atoms. The summed E-state index contributed by atoms with van der Waals surface area (Å²) in [6, 6.07) is 5.98. The molecule has 0 heterocycles. The molecule has 134 valence electrons. The number of hydrogen-bond donors (Lipinski definition) is 0. The molecular weight excluding hydrogens is 351 g/mol. The molecule has 0 saturated carbocycles. The third-order valence-electron chi connectivity index (χ3n) is 2.78. The van der Waals surface area contributed by atoms with Crippen molar-refractivity contribution in [2.24, 2.45) is 0 Å². The van der Waals surface area contributed by atoms with Crippen molar-refractivity contribution in [1.82, 2.24) is 4.90 Å². The second kappa shape index (κ2) is 8.77. The molecule has 1 aromatic carbocycles. The number of nitrogens with zero attached hydrogens (tertiary/aromatic N) is 1. The van der Waals surface area contributed by atoms with Crippen molar-refractivity contribution in [3.63, 3.8) is 0 Å². The third kappa shape index (κ3) is 7.08. The Hall–Kier alpha value is -1.96. The standard InChI is InChI=1S/C15H17ClF3NO4/c1-3-23-13(21)8-20(9-15(17,18)19)14(22)10(2)24-12-6-4-11(16)5-7-12/h4-7,10H,3,8-9H2,1-2H3. The van der Waals surface area contributed by atoms with Gasteiger partial charge in [0.25, 0.3) is 5.91 Å². The average Bonchev–Trinajstić information content (AvgIpc) is 2.47. The van der Waals surface area contributed by atoms with Crippen molar-refractivity contribution < 1.29 is 32.2 Å². The molecule has 1 rings (SSSR count). The summed E-state index contributed by atoms with van der Waals surface area (Å²) in [6.07, 6.45) is -5.87. The molecule has 0 radical (unpaired) electrons. The van der Waals surface area contributed by atoms with E-state index in [1.165, 1.54) is 38.1 Å². The number of hydrogen-bond acceptors (Lipinski definition) is 4. The minimum absolute atomic E-state index is 0.00368. The fourth-order valence-corrected chi connectivity index (χ4v) is 1.94. The summed E-state index contributed by atoms with van der Waals surface area (Å²) in [6.45, 7) is 0.439. The lowest BCUT2D eigenvalue weighted by atomic mass is 10.3. The van der Waals surface area contributed by atoms with E-state index in [9.17, 15) is 22.8 Å². The predicted molar refractivity (Wildman–Crippen MR) is 80.8 cm³/mol. The molecule has 1 unspecified atom stereocenters. The molecule has 5 nitrogen and oxygen atoms in total. The lowest BCUT2D eigenvalue weighted by Crippen LogP contribution is -2.47. The van der Waals surface area contributed by atoms with Gasteiger partial charge in [-0.25, -0.2) is 0 Å². The largest absolute Gasteiger partial charge is 0.481 e. The highest BCUT2D eigenvalue weighted by atomic mass is 35.5. The zero-order chi connectivity index (χ0) is 18.3. The molecule has 1 amide bonds. The number of rotatable bonds is 7. The maximum Gasteiger partial charge on any atom is 0.406 e. The van der Waals surface area contributed by atoms with Crippen LogP contribution < -0.4 is 4.74 Å². The number of alkyl halides is 3. The van der Waals surface area contributed by atoms with E-state index in [-0.39, 0.29) is 12.4 Å². The van der Waals surface area contributed by atoms with Gasteiger partial charge in [-0.1, -0.05) is 11.6 Å². The fourth-order valence-electron chi connectivity index (χ4n) is 1.82. The monoisotopic (exact) mass is 367 g/mol. The molecule has 24 heavy (non-hydrogen) atoms. The second-order valence-electron chi connectivity index (χ2n) is 4.83. The van der Waals surface area contributed by atoms with E-state index in [2.05, 4.69) is 4.74 Å². The number of carbonyl (C=O) groups is 2. The number of benzene rings is 1. The molecule has 0 fully saturated rings. The molecule has 0 bridgehead atoms. The molecule has 0 N–H and O–H groups in total. The minimum Gasteiger partial charge on any atom is -0.481 e. The Bertz CT molecular complexity index is 563. The third-order valence-corrected chi connectivity index (χ3v) is 3.03. The van der Waals surface area contributed by atoms with Crippen LogP contribution in [-0.2, 0) is 14.3 Å². The van der Waals surface area contributed by atoms with Gasteiger partial charge >= 0.3 is 12.1 Å². The molecule has 0 aliphatic heterocycles. The molecule has 1 atom stereocenters. The second-order valence-corrected chi connectivity index (χ2v) is 5.26. The Morgan fingerprint density at radius 3 is 2.33 bits per heavy atom. The molecule has 0 aliphatic rings. The van der Waals surface area contributed by atoms with Gasteiger partial charge < -0.3 is 14.4 Å². The van der Waals surface area contributed by atoms with Gasteiger partial charge in [-0.15, -0.1) is 0 Å². The Kier molecular flexibility index (Phi) is 7.34. The zero-order valence-corrected chi connectivity index (χ0v) is 13.9. The van der Waals surface area contributed by atoms with E-state index < -0.39 is 37.2 Å². The maximum atomic E-state index is 12.6. The lowest BCUT2D eigenvalue weighted by Gasteiger charge is -2.26. The molecule has 1 aromatic rings. The van der Waals surface area contributed by atoms with Crippen molar-refractivity contribution in [3.05, 3.63) is 29.3 Å². The summed E-state index contributed by atoms with van der Waals surface area (Å²) in [7, 11) is 0. The highest BCUT2D eigenvalue weighted by Gasteiger charge is 2.36. The fraction of sp³-hybridized carbons (Fsp3) is 0.467. The van der Waals surface area contributed by atoms with Crippen LogP contribution in [0.15, 0.2) is 24.3 Å². The van der Waals surface area contributed by atoms with Crippen molar-refractivity contribution in [1.29, 1.82) is 0 Å². The van der Waals surface area contributed by atoms with Crippen LogP contribution in [0.2, 0.25) is 5.02 Å². The van der Waals surface area contributed by atoms with Gasteiger partial charge in [0, 0.05) is 5.02 Å². The van der Waals surface area contributed by atoms with Crippen molar-refractivity contribution >= 4 is 23.5 Å². The lowest BCUT2D eigenvalue weighted by molar-refractivity contribution is -0.170. The van der Waals surface area contributed by atoms with Gasteiger partial charge in [-0.05, 0) is 38.1 Å². The average molecular weight is 368 g/mol. The quantitative estimate of drug-likeness (QED) is 0.695. The summed E-state index contributed by atoms with van der Waals surface area (Å²) >= 11 is 5.71. The molecular formula is C15H17ClF3NO4. The van der Waals surface area contributed by atoms with Crippen LogP contribution in [0.4, 0.5) is 13.2 Å². The number of carbonyl (C=O) groups excluding carboxylic acids is 2. The van der Waals surface area contributed by atoms with E-state index in [1.807, 2.05) is 0 Å². The Labute approximate surface area is 142 Å². The first kappa shape index (κ1) is 20.1. The van der Waals surface area contributed by atoms with E-state index in [0.29, 0.717) is 9.92 Å². The summed E-state index contributed by atoms with van der Waals surface area (Å²) in [5.41, 5.74) is 0. The first-order valence-corrected chi connectivity index (χ1v) is 7.43. The van der Waals surface area contributed by atoms with Gasteiger partial charge in [0.1, 0.15) is 18.8 Å². The van der Waals surface area contributed by atoms with Crippen molar-refractivity contribution in [3.8, 4) is 5.75 Å². The van der Waals surface area contributed by atoms with Crippen molar-refractivity contribution in [2.75, 3.05) is 19.7 Å². The van der Waals surface area contributed by atoms with Crippen LogP contribution in [0.1, 0.15) is 13.8 Å². The van der Waals surface area contributed by atoms with Crippen LogP contribution in [0.25, 0.3) is 0 Å². The van der Waals surface area contributed by atoms with E-state index in [0.717, 1.165) is 0 Å². The summed E-state index contributed by atoms with van der Waals surface area (Å²) in [5.74, 6) is -1.63. The number of halogens is 4. The van der Waals surface area contributed by atoms with Crippen LogP contribution in [-0.4, -0.2) is 48.8 Å². The molecule has 0 aromatic heterocycles. The summed E-state index contributed by atoms with van der Waals surface area (Å²) in [4.78, 5) is 24.0. The number of amides is 1. The van der Waals surface area contributed by atoms with Crippen molar-refractivity contribution in [2.45, 2.75) is 26.1 Å². The summed E-state index contributed by atoms with van der Waals surface area (Å²) < 4.78 is 47.8. The highest BCUT2D eigenvalue weighted by Crippen LogP contribution is 2.20. The van der Waals surface area contributed by atoms with E-state index >= 15 is 0 Å². The maximum absolute atomic E-state index is 12.6. The van der Waals surface area contributed by atoms with Gasteiger partial charge in [0.15, 0.2) is 6.10 Å².